The second kappa shape index (κ2) is 5.00. The summed E-state index contributed by atoms with van der Waals surface area (Å²) < 4.78 is 0. The van der Waals surface area contributed by atoms with Crippen molar-refractivity contribution in [2.24, 2.45) is 5.92 Å². The Kier molecular flexibility index (Phi) is 3.42. The normalized spacial score (nSPS) is 26.2. The van der Waals surface area contributed by atoms with Gasteiger partial charge >= 0.3 is 6.09 Å². The van der Waals surface area contributed by atoms with Gasteiger partial charge in [-0.05, 0) is 25.0 Å². The van der Waals surface area contributed by atoms with Crippen LogP contribution in [0.3, 0.4) is 0 Å². The number of fused-ring (bicyclic) bond motifs is 1. The Morgan fingerprint density at radius 3 is 2.67 bits per heavy atom. The third kappa shape index (κ3) is 2.51. The minimum atomic E-state index is -0.982. The van der Waals surface area contributed by atoms with Gasteiger partial charge in [0, 0.05) is 31.0 Å². The van der Waals surface area contributed by atoms with E-state index in [1.165, 1.54) is 11.1 Å². The van der Waals surface area contributed by atoms with Crippen molar-refractivity contribution in [1.82, 2.24) is 10.2 Å². The first-order valence-corrected chi connectivity index (χ1v) is 7.39. The van der Waals surface area contributed by atoms with Gasteiger partial charge in [0.05, 0.1) is 12.1 Å². The van der Waals surface area contributed by atoms with Crippen LogP contribution in [0, 0.1) is 5.92 Å². The molecule has 5 nitrogen and oxygen atoms in total. The summed E-state index contributed by atoms with van der Waals surface area (Å²) in [6.07, 6.45) is -0.637. The highest BCUT2D eigenvalue weighted by atomic mass is 16.4. The average Bonchev–Trinajstić information content (AvgIpc) is 2.62. The summed E-state index contributed by atoms with van der Waals surface area (Å²) in [7, 11) is 0. The van der Waals surface area contributed by atoms with Gasteiger partial charge in [0.25, 0.3) is 0 Å². The van der Waals surface area contributed by atoms with Crippen molar-refractivity contribution in [2.75, 3.05) is 13.1 Å². The SMILES string of the molecule is CC(C)(NC(=O)O)C1CN([C@H]2c3ccccc3C[C@@H]2O)C1. The number of aliphatic hydroxyl groups is 1. The van der Waals surface area contributed by atoms with Gasteiger partial charge in [-0.3, -0.25) is 4.90 Å². The quantitative estimate of drug-likeness (QED) is 0.791. The van der Waals surface area contributed by atoms with Crippen molar-refractivity contribution in [3.8, 4) is 0 Å². The third-order valence-corrected chi connectivity index (χ3v) is 4.92. The number of nitrogens with one attached hydrogen (secondary N) is 1. The van der Waals surface area contributed by atoms with Crippen molar-refractivity contribution >= 4 is 6.09 Å². The first-order valence-electron chi connectivity index (χ1n) is 7.39. The molecule has 1 heterocycles. The molecule has 1 aliphatic carbocycles. The number of benzene rings is 1. The molecular weight excluding hydrogens is 268 g/mol. The predicted octanol–water partition coefficient (Wildman–Crippen LogP) is 1.62. The molecule has 0 aromatic heterocycles. The number of likely N-dealkylation sites (tertiary alicyclic amines) is 1. The van der Waals surface area contributed by atoms with Crippen LogP contribution in [0.15, 0.2) is 24.3 Å². The monoisotopic (exact) mass is 290 g/mol. The molecule has 1 fully saturated rings. The Morgan fingerprint density at radius 2 is 2.00 bits per heavy atom. The van der Waals surface area contributed by atoms with Crippen LogP contribution in [-0.2, 0) is 6.42 Å². The first kappa shape index (κ1) is 14.4. The molecule has 1 amide bonds. The van der Waals surface area contributed by atoms with Crippen molar-refractivity contribution < 1.29 is 15.0 Å². The largest absolute Gasteiger partial charge is 0.465 e. The van der Waals surface area contributed by atoms with Crippen molar-refractivity contribution in [3.63, 3.8) is 0 Å². The summed E-state index contributed by atoms with van der Waals surface area (Å²) in [5, 5.41) is 21.8. The topological polar surface area (TPSA) is 72.8 Å². The van der Waals surface area contributed by atoms with E-state index in [4.69, 9.17) is 5.11 Å². The molecule has 2 atom stereocenters. The Morgan fingerprint density at radius 1 is 1.33 bits per heavy atom. The van der Waals surface area contributed by atoms with Crippen LogP contribution >= 0.6 is 0 Å². The van der Waals surface area contributed by atoms with E-state index in [9.17, 15) is 9.90 Å². The molecule has 1 saturated heterocycles. The van der Waals surface area contributed by atoms with Crippen LogP contribution in [0.25, 0.3) is 0 Å². The predicted molar refractivity (Wildman–Crippen MR) is 79.2 cm³/mol. The second-order valence-corrected chi connectivity index (χ2v) is 6.72. The van der Waals surface area contributed by atoms with E-state index in [1.807, 2.05) is 26.0 Å². The summed E-state index contributed by atoms with van der Waals surface area (Å²) in [5.74, 6) is 0.272. The molecule has 0 unspecified atom stereocenters. The minimum Gasteiger partial charge on any atom is -0.465 e. The van der Waals surface area contributed by atoms with E-state index in [-0.39, 0.29) is 18.1 Å². The number of aliphatic hydroxyl groups excluding tert-OH is 1. The smallest absolute Gasteiger partial charge is 0.405 e. The van der Waals surface area contributed by atoms with E-state index in [1.54, 1.807) is 0 Å². The van der Waals surface area contributed by atoms with Crippen molar-refractivity contribution in [3.05, 3.63) is 35.4 Å². The molecule has 2 aliphatic rings. The molecule has 1 aliphatic heterocycles. The van der Waals surface area contributed by atoms with Gasteiger partial charge in [0.2, 0.25) is 0 Å². The van der Waals surface area contributed by atoms with Crippen molar-refractivity contribution in [1.29, 1.82) is 0 Å². The number of hydrogen-bond donors (Lipinski definition) is 3. The van der Waals surface area contributed by atoms with Gasteiger partial charge in [-0.15, -0.1) is 0 Å². The van der Waals surface area contributed by atoms with Crippen LogP contribution in [0.4, 0.5) is 4.79 Å². The summed E-state index contributed by atoms with van der Waals surface area (Å²) in [5.41, 5.74) is 2.00. The van der Waals surface area contributed by atoms with Crippen LogP contribution in [-0.4, -0.2) is 45.9 Å². The van der Waals surface area contributed by atoms with E-state index in [2.05, 4.69) is 22.3 Å². The summed E-state index contributed by atoms with van der Waals surface area (Å²) in [4.78, 5) is 13.1. The van der Waals surface area contributed by atoms with Gasteiger partial charge in [0.1, 0.15) is 0 Å². The van der Waals surface area contributed by atoms with Gasteiger partial charge < -0.3 is 15.5 Å². The number of carboxylic acid groups (broad SMARTS) is 1. The molecule has 0 bridgehead atoms. The lowest BCUT2D eigenvalue weighted by Crippen LogP contribution is -2.62. The third-order valence-electron chi connectivity index (χ3n) is 4.92. The summed E-state index contributed by atoms with van der Waals surface area (Å²) in [6, 6.07) is 8.23. The zero-order valence-electron chi connectivity index (χ0n) is 12.4. The molecule has 3 N–H and O–H groups in total. The second-order valence-electron chi connectivity index (χ2n) is 6.72. The van der Waals surface area contributed by atoms with Crippen LogP contribution in [0.2, 0.25) is 0 Å². The fourth-order valence-electron chi connectivity index (χ4n) is 3.57. The Bertz CT molecular complexity index is 552. The lowest BCUT2D eigenvalue weighted by Gasteiger charge is -2.50. The van der Waals surface area contributed by atoms with E-state index in [0.717, 1.165) is 13.1 Å². The maximum atomic E-state index is 10.8. The highest BCUT2D eigenvalue weighted by Gasteiger charge is 2.46. The molecule has 114 valence electrons. The molecule has 1 aromatic carbocycles. The fraction of sp³-hybridized carbons (Fsp3) is 0.562. The van der Waals surface area contributed by atoms with Crippen molar-refractivity contribution in [2.45, 2.75) is 38.0 Å². The van der Waals surface area contributed by atoms with Gasteiger partial charge in [-0.2, -0.15) is 0 Å². The van der Waals surface area contributed by atoms with Gasteiger partial charge in [-0.1, -0.05) is 24.3 Å². The van der Waals surface area contributed by atoms with E-state index >= 15 is 0 Å². The summed E-state index contributed by atoms with van der Waals surface area (Å²) >= 11 is 0. The number of nitrogens with zero attached hydrogens (tertiary/aromatic N) is 1. The number of carbonyl (C=O) groups is 1. The Hall–Kier alpha value is -1.59. The highest BCUT2D eigenvalue weighted by molar-refractivity contribution is 5.65. The zero-order valence-corrected chi connectivity index (χ0v) is 12.4. The van der Waals surface area contributed by atoms with Crippen LogP contribution < -0.4 is 5.32 Å². The maximum Gasteiger partial charge on any atom is 0.405 e. The van der Waals surface area contributed by atoms with Crippen LogP contribution in [0.1, 0.15) is 31.0 Å². The standard InChI is InChI=1S/C16H22N2O3/c1-16(2,17-15(20)21)11-8-18(9-11)14-12-6-4-3-5-10(12)7-13(14)19/h3-6,11,13-14,17,19H,7-9H2,1-2H3,(H,20,21)/t13-,14-/m0/s1. The highest BCUT2D eigenvalue weighted by Crippen LogP contribution is 2.41. The Balaban J connectivity index is 1.68. The molecule has 5 heteroatoms. The summed E-state index contributed by atoms with van der Waals surface area (Å²) in [6.45, 7) is 5.46. The van der Waals surface area contributed by atoms with Gasteiger partial charge in [-0.25, -0.2) is 4.79 Å². The average molecular weight is 290 g/mol. The number of hydrogen-bond acceptors (Lipinski definition) is 3. The lowest BCUT2D eigenvalue weighted by molar-refractivity contribution is -0.0352. The van der Waals surface area contributed by atoms with E-state index in [0.29, 0.717) is 6.42 Å². The zero-order chi connectivity index (χ0) is 15.2. The fourth-order valence-corrected chi connectivity index (χ4v) is 3.57. The molecule has 0 radical (unpaired) electrons. The molecule has 1 aromatic rings. The number of rotatable bonds is 3. The minimum absolute atomic E-state index is 0.0538. The Labute approximate surface area is 124 Å². The molecule has 21 heavy (non-hydrogen) atoms. The molecule has 3 rings (SSSR count). The van der Waals surface area contributed by atoms with Gasteiger partial charge in [0.15, 0.2) is 0 Å². The molecule has 0 saturated carbocycles. The van der Waals surface area contributed by atoms with E-state index < -0.39 is 11.6 Å². The number of amides is 1. The van der Waals surface area contributed by atoms with Crippen LogP contribution in [0.5, 0.6) is 0 Å². The molecular formula is C16H22N2O3. The first-order chi connectivity index (χ1) is 9.88. The lowest BCUT2D eigenvalue weighted by atomic mass is 9.80. The maximum absolute atomic E-state index is 10.8. The molecule has 0 spiro atoms.